The quantitative estimate of drug-likeness (QED) is 0.837. The van der Waals surface area contributed by atoms with Crippen LogP contribution in [0.15, 0.2) is 53.4 Å². The van der Waals surface area contributed by atoms with Gasteiger partial charge in [-0.25, -0.2) is 17.2 Å². The molecule has 1 fully saturated rings. The smallest absolute Gasteiger partial charge is 0.243 e. The number of benzene rings is 2. The second kappa shape index (κ2) is 7.51. The monoisotopic (exact) mass is 380 g/mol. The molecule has 2 aromatic carbocycles. The summed E-state index contributed by atoms with van der Waals surface area (Å²) in [6.45, 7) is 0.106. The highest BCUT2D eigenvalue weighted by atomic mass is 32.2. The topological polar surface area (TPSA) is 66.5 Å². The third-order valence-electron chi connectivity index (χ3n) is 4.23. The van der Waals surface area contributed by atoms with Gasteiger partial charge in [0.25, 0.3) is 0 Å². The maximum atomic E-state index is 13.1. The van der Waals surface area contributed by atoms with E-state index in [2.05, 4.69) is 5.32 Å². The Balaban J connectivity index is 1.89. The largest absolute Gasteiger partial charge is 0.352 e. The molecule has 0 aliphatic carbocycles. The molecule has 0 spiro atoms. The van der Waals surface area contributed by atoms with Crippen molar-refractivity contribution >= 4 is 15.9 Å². The van der Waals surface area contributed by atoms with Gasteiger partial charge in [0, 0.05) is 25.6 Å². The number of carbonyl (C=O) groups is 1. The molecular weight excluding hydrogens is 362 g/mol. The van der Waals surface area contributed by atoms with Gasteiger partial charge >= 0.3 is 0 Å². The van der Waals surface area contributed by atoms with Crippen molar-refractivity contribution in [2.24, 2.45) is 0 Å². The average molecular weight is 380 g/mol. The van der Waals surface area contributed by atoms with E-state index in [1.807, 2.05) is 0 Å². The Morgan fingerprint density at radius 2 is 1.58 bits per heavy atom. The molecule has 1 atom stereocenters. The van der Waals surface area contributed by atoms with Crippen LogP contribution in [-0.2, 0) is 21.4 Å². The zero-order valence-corrected chi connectivity index (χ0v) is 14.7. The zero-order chi connectivity index (χ0) is 18.7. The lowest BCUT2D eigenvalue weighted by molar-refractivity contribution is -0.119. The van der Waals surface area contributed by atoms with Crippen molar-refractivity contribution in [3.63, 3.8) is 0 Å². The summed E-state index contributed by atoms with van der Waals surface area (Å²) < 4.78 is 53.5. The van der Waals surface area contributed by atoms with E-state index in [4.69, 9.17) is 0 Å². The molecule has 8 heteroatoms. The fraction of sp³-hybridized carbons (Fsp3) is 0.278. The van der Waals surface area contributed by atoms with Gasteiger partial charge in [0.2, 0.25) is 15.9 Å². The zero-order valence-electron chi connectivity index (χ0n) is 13.9. The van der Waals surface area contributed by atoms with Gasteiger partial charge in [-0.2, -0.15) is 4.31 Å². The highest BCUT2D eigenvalue weighted by molar-refractivity contribution is 7.89. The molecule has 26 heavy (non-hydrogen) atoms. The van der Waals surface area contributed by atoms with Crippen LogP contribution in [0.25, 0.3) is 0 Å². The highest BCUT2D eigenvalue weighted by Crippen LogP contribution is 2.21. The first-order chi connectivity index (χ1) is 12.3. The molecule has 1 aliphatic heterocycles. The van der Waals surface area contributed by atoms with Gasteiger partial charge in [-0.1, -0.05) is 12.1 Å². The molecule has 1 amide bonds. The minimum absolute atomic E-state index is 0.0202. The number of amides is 1. The lowest BCUT2D eigenvalue weighted by Crippen LogP contribution is -2.41. The summed E-state index contributed by atoms with van der Waals surface area (Å²) in [5.74, 6) is -1.06. The second-order valence-electron chi connectivity index (χ2n) is 6.18. The van der Waals surface area contributed by atoms with Crippen molar-refractivity contribution in [3.05, 3.63) is 65.7 Å². The average Bonchev–Trinajstić information content (AvgIpc) is 3.01. The van der Waals surface area contributed by atoms with Crippen LogP contribution in [0.4, 0.5) is 8.78 Å². The van der Waals surface area contributed by atoms with Crippen molar-refractivity contribution in [3.8, 4) is 0 Å². The number of nitrogens with one attached hydrogen (secondary N) is 1. The first-order valence-electron chi connectivity index (χ1n) is 8.14. The van der Waals surface area contributed by atoms with Gasteiger partial charge in [-0.15, -0.1) is 0 Å². The lowest BCUT2D eigenvalue weighted by atomic mass is 10.2. The van der Waals surface area contributed by atoms with Crippen LogP contribution in [0.5, 0.6) is 0 Å². The number of halogens is 2. The molecule has 3 rings (SSSR count). The molecule has 5 nitrogen and oxygen atoms in total. The highest BCUT2D eigenvalue weighted by Gasteiger charge is 2.30. The summed E-state index contributed by atoms with van der Waals surface area (Å²) in [5, 5.41) is 2.75. The van der Waals surface area contributed by atoms with Crippen LogP contribution in [-0.4, -0.2) is 31.2 Å². The maximum absolute atomic E-state index is 13.1. The van der Waals surface area contributed by atoms with E-state index < -0.39 is 21.7 Å². The van der Waals surface area contributed by atoms with E-state index in [-0.39, 0.29) is 29.9 Å². The van der Waals surface area contributed by atoms with Crippen molar-refractivity contribution in [1.29, 1.82) is 0 Å². The summed E-state index contributed by atoms with van der Waals surface area (Å²) in [7, 11) is -3.91. The van der Waals surface area contributed by atoms with Gasteiger partial charge in [0.15, 0.2) is 0 Å². The fourth-order valence-electron chi connectivity index (χ4n) is 2.86. The van der Waals surface area contributed by atoms with E-state index in [0.29, 0.717) is 18.4 Å². The van der Waals surface area contributed by atoms with E-state index in [0.717, 1.165) is 12.1 Å². The normalized spacial score (nSPS) is 17.5. The van der Waals surface area contributed by atoms with Crippen molar-refractivity contribution < 1.29 is 22.0 Å². The third-order valence-corrected chi connectivity index (χ3v) is 6.06. The summed E-state index contributed by atoms with van der Waals surface area (Å²) >= 11 is 0. The maximum Gasteiger partial charge on any atom is 0.243 e. The Kier molecular flexibility index (Phi) is 5.33. The predicted octanol–water partition coefficient (Wildman–Crippen LogP) is 2.43. The lowest BCUT2D eigenvalue weighted by Gasteiger charge is -2.25. The predicted molar refractivity (Wildman–Crippen MR) is 91.6 cm³/mol. The molecule has 1 heterocycles. The Bertz CT molecular complexity index is 884. The molecule has 0 aromatic heterocycles. The third kappa shape index (κ3) is 4.25. The number of sulfonamides is 1. The molecule has 138 valence electrons. The van der Waals surface area contributed by atoms with Gasteiger partial charge < -0.3 is 5.32 Å². The Labute approximate surface area is 150 Å². The second-order valence-corrected chi connectivity index (χ2v) is 8.12. The molecule has 1 aliphatic rings. The Hall–Kier alpha value is -2.32. The van der Waals surface area contributed by atoms with Gasteiger partial charge in [0.1, 0.15) is 11.6 Å². The molecule has 1 N–H and O–H groups in total. The molecule has 0 bridgehead atoms. The summed E-state index contributed by atoms with van der Waals surface area (Å²) in [5.41, 5.74) is 0.612. The van der Waals surface area contributed by atoms with E-state index in [1.54, 1.807) is 0 Å². The molecule has 0 unspecified atom stereocenters. The van der Waals surface area contributed by atoms with E-state index >= 15 is 0 Å². The molecule has 1 saturated heterocycles. The molecule has 2 aromatic rings. The van der Waals surface area contributed by atoms with Crippen molar-refractivity contribution in [2.75, 3.05) is 6.54 Å². The summed E-state index contributed by atoms with van der Waals surface area (Å²) in [4.78, 5) is 11.4. The van der Waals surface area contributed by atoms with Crippen LogP contribution in [0, 0.1) is 11.6 Å². The summed E-state index contributed by atoms with van der Waals surface area (Å²) in [6, 6.07) is 9.82. The van der Waals surface area contributed by atoms with E-state index in [1.165, 1.54) is 40.7 Å². The Morgan fingerprint density at radius 1 is 1.00 bits per heavy atom. The van der Waals surface area contributed by atoms with Crippen molar-refractivity contribution in [2.45, 2.75) is 30.3 Å². The number of carbonyl (C=O) groups excluding carboxylic acids is 1. The van der Waals surface area contributed by atoms with Gasteiger partial charge in [-0.05, 0) is 48.4 Å². The Morgan fingerprint density at radius 3 is 2.12 bits per heavy atom. The van der Waals surface area contributed by atoms with Crippen LogP contribution in [0.3, 0.4) is 0 Å². The van der Waals surface area contributed by atoms with Crippen LogP contribution in [0.2, 0.25) is 0 Å². The van der Waals surface area contributed by atoms with Gasteiger partial charge in [-0.3, -0.25) is 4.79 Å². The number of hydrogen-bond donors (Lipinski definition) is 1. The van der Waals surface area contributed by atoms with E-state index in [9.17, 15) is 22.0 Å². The van der Waals surface area contributed by atoms with Crippen LogP contribution >= 0.6 is 0 Å². The number of hydrogen-bond acceptors (Lipinski definition) is 3. The number of nitrogens with zero attached hydrogens (tertiary/aromatic N) is 1. The first-order valence-corrected chi connectivity index (χ1v) is 9.58. The first kappa shape index (κ1) is 18.5. The standard InChI is InChI=1S/C18H18F2N2O3S/c19-14-3-1-13(2-4-14)11-22(12-16-7-10-18(23)21-16)26(24,25)17-8-5-15(20)6-9-17/h1-6,8-9,16H,7,10-12H2,(H,21,23)/t16-/m0/s1. The minimum Gasteiger partial charge on any atom is -0.352 e. The SMILES string of the molecule is O=C1CC[C@@H](CN(Cc2ccc(F)cc2)S(=O)(=O)c2ccc(F)cc2)N1. The molecule has 0 saturated carbocycles. The van der Waals surface area contributed by atoms with Gasteiger partial charge in [0.05, 0.1) is 4.90 Å². The van der Waals surface area contributed by atoms with Crippen LogP contribution in [0.1, 0.15) is 18.4 Å². The minimum atomic E-state index is -3.91. The number of rotatable bonds is 6. The fourth-order valence-corrected chi connectivity index (χ4v) is 4.33. The van der Waals surface area contributed by atoms with Crippen molar-refractivity contribution in [1.82, 2.24) is 9.62 Å². The molecular formula is C18H18F2N2O3S. The van der Waals surface area contributed by atoms with Crippen LogP contribution < -0.4 is 5.32 Å². The summed E-state index contributed by atoms with van der Waals surface area (Å²) in [6.07, 6.45) is 0.892. The molecule has 0 radical (unpaired) electrons.